The van der Waals surface area contributed by atoms with Crippen LogP contribution >= 0.6 is 23.2 Å². The lowest BCUT2D eigenvalue weighted by Crippen LogP contribution is -2.27. The standard InChI is InChI=1S/C19H17Cl2NO3/c1-12-5-7-13(8-6-12)10-22-11-14(9-17(22)23)19(24)25-16-4-2-3-15(20)18(16)21/h2-8,14H,9-11H2,1H3/t14-/m0/s1. The van der Waals surface area contributed by atoms with E-state index in [4.69, 9.17) is 27.9 Å². The van der Waals surface area contributed by atoms with Gasteiger partial charge in [0.05, 0.1) is 10.9 Å². The van der Waals surface area contributed by atoms with Gasteiger partial charge in [0.1, 0.15) is 5.02 Å². The van der Waals surface area contributed by atoms with Gasteiger partial charge in [-0.2, -0.15) is 0 Å². The van der Waals surface area contributed by atoms with Crippen molar-refractivity contribution in [2.75, 3.05) is 6.54 Å². The molecule has 1 aliphatic rings. The number of esters is 1. The van der Waals surface area contributed by atoms with Crippen LogP contribution in [0.25, 0.3) is 0 Å². The SMILES string of the molecule is Cc1ccc(CN2C[C@@H](C(=O)Oc3cccc(Cl)c3Cl)CC2=O)cc1. The van der Waals surface area contributed by atoms with E-state index in [9.17, 15) is 9.59 Å². The van der Waals surface area contributed by atoms with Gasteiger partial charge in [-0.3, -0.25) is 9.59 Å². The zero-order chi connectivity index (χ0) is 18.0. The minimum absolute atomic E-state index is 0.0558. The second kappa shape index (κ2) is 7.46. The molecule has 0 saturated carbocycles. The van der Waals surface area contributed by atoms with Crippen LogP contribution in [0.1, 0.15) is 17.5 Å². The Kier molecular flexibility index (Phi) is 5.30. The van der Waals surface area contributed by atoms with Gasteiger partial charge in [0.15, 0.2) is 5.75 Å². The Hall–Kier alpha value is -2.04. The van der Waals surface area contributed by atoms with Gasteiger partial charge in [0, 0.05) is 19.5 Å². The minimum atomic E-state index is -0.506. The fourth-order valence-corrected chi connectivity index (χ4v) is 3.08. The smallest absolute Gasteiger partial charge is 0.316 e. The maximum Gasteiger partial charge on any atom is 0.316 e. The average molecular weight is 378 g/mol. The molecule has 0 aliphatic carbocycles. The molecule has 25 heavy (non-hydrogen) atoms. The summed E-state index contributed by atoms with van der Waals surface area (Å²) in [6.07, 6.45) is 0.142. The second-order valence-electron chi connectivity index (χ2n) is 6.13. The lowest BCUT2D eigenvalue weighted by molar-refractivity contribution is -0.139. The molecule has 0 radical (unpaired) electrons. The zero-order valence-corrected chi connectivity index (χ0v) is 15.2. The number of rotatable bonds is 4. The van der Waals surface area contributed by atoms with Crippen molar-refractivity contribution in [2.45, 2.75) is 19.9 Å². The van der Waals surface area contributed by atoms with E-state index in [0.29, 0.717) is 18.1 Å². The monoisotopic (exact) mass is 377 g/mol. The number of carbonyl (C=O) groups excluding carboxylic acids is 2. The molecule has 0 N–H and O–H groups in total. The van der Waals surface area contributed by atoms with Gasteiger partial charge in [0.25, 0.3) is 0 Å². The maximum absolute atomic E-state index is 12.4. The van der Waals surface area contributed by atoms with Gasteiger partial charge in [-0.15, -0.1) is 0 Å². The molecular weight excluding hydrogens is 361 g/mol. The summed E-state index contributed by atoms with van der Waals surface area (Å²) in [6, 6.07) is 12.8. The first-order valence-electron chi connectivity index (χ1n) is 7.93. The second-order valence-corrected chi connectivity index (χ2v) is 6.92. The van der Waals surface area contributed by atoms with Crippen molar-refractivity contribution in [1.82, 2.24) is 4.90 Å². The van der Waals surface area contributed by atoms with Crippen molar-refractivity contribution in [3.63, 3.8) is 0 Å². The molecular formula is C19H17Cl2NO3. The van der Waals surface area contributed by atoms with Crippen molar-refractivity contribution >= 4 is 35.1 Å². The number of amides is 1. The van der Waals surface area contributed by atoms with Gasteiger partial charge in [0.2, 0.25) is 5.91 Å². The van der Waals surface area contributed by atoms with Crippen molar-refractivity contribution in [1.29, 1.82) is 0 Å². The number of likely N-dealkylation sites (tertiary alicyclic amines) is 1. The highest BCUT2D eigenvalue weighted by molar-refractivity contribution is 6.43. The van der Waals surface area contributed by atoms with Crippen LogP contribution in [0.3, 0.4) is 0 Å². The molecule has 2 aromatic carbocycles. The fraction of sp³-hybridized carbons (Fsp3) is 0.263. The highest BCUT2D eigenvalue weighted by atomic mass is 35.5. The number of ether oxygens (including phenoxy) is 1. The van der Waals surface area contributed by atoms with Crippen molar-refractivity contribution in [3.05, 3.63) is 63.6 Å². The van der Waals surface area contributed by atoms with Crippen LogP contribution in [-0.2, 0) is 16.1 Å². The Morgan fingerprint density at radius 3 is 2.64 bits per heavy atom. The van der Waals surface area contributed by atoms with E-state index in [2.05, 4.69) is 0 Å². The number of benzene rings is 2. The first-order chi connectivity index (χ1) is 11.9. The summed E-state index contributed by atoms with van der Waals surface area (Å²) < 4.78 is 5.34. The molecule has 0 aromatic heterocycles. The molecule has 2 aromatic rings. The zero-order valence-electron chi connectivity index (χ0n) is 13.7. The van der Waals surface area contributed by atoms with Crippen molar-refractivity contribution in [3.8, 4) is 5.75 Å². The summed E-state index contributed by atoms with van der Waals surface area (Å²) in [6.45, 7) is 2.84. The van der Waals surface area contributed by atoms with Crippen LogP contribution in [0.5, 0.6) is 5.75 Å². The normalized spacial score (nSPS) is 17.0. The summed E-state index contributed by atoms with van der Waals surface area (Å²) in [5.41, 5.74) is 2.20. The Morgan fingerprint density at radius 2 is 1.92 bits per heavy atom. The molecule has 0 unspecified atom stereocenters. The van der Waals surface area contributed by atoms with E-state index in [0.717, 1.165) is 11.1 Å². The lowest BCUT2D eigenvalue weighted by Gasteiger charge is -2.16. The molecule has 130 valence electrons. The summed E-state index contributed by atoms with van der Waals surface area (Å²) in [7, 11) is 0. The van der Waals surface area contributed by atoms with Crippen LogP contribution in [0, 0.1) is 12.8 Å². The number of carbonyl (C=O) groups is 2. The summed E-state index contributed by atoms with van der Waals surface area (Å²) in [5, 5.41) is 0.508. The number of hydrogen-bond acceptors (Lipinski definition) is 3. The third-order valence-electron chi connectivity index (χ3n) is 4.17. The van der Waals surface area contributed by atoms with Crippen molar-refractivity contribution < 1.29 is 14.3 Å². The first kappa shape index (κ1) is 17.8. The molecule has 1 atom stereocenters. The Balaban J connectivity index is 1.64. The van der Waals surface area contributed by atoms with E-state index < -0.39 is 11.9 Å². The predicted octanol–water partition coefficient (Wildman–Crippen LogP) is 4.26. The molecule has 4 nitrogen and oxygen atoms in total. The lowest BCUT2D eigenvalue weighted by atomic mass is 10.1. The van der Waals surface area contributed by atoms with Crippen LogP contribution < -0.4 is 4.74 Å². The van der Waals surface area contributed by atoms with Crippen LogP contribution in [0.15, 0.2) is 42.5 Å². The summed E-state index contributed by atoms with van der Waals surface area (Å²) in [4.78, 5) is 26.2. The molecule has 1 amide bonds. The molecule has 6 heteroatoms. The van der Waals surface area contributed by atoms with Crippen LogP contribution in [-0.4, -0.2) is 23.3 Å². The Morgan fingerprint density at radius 1 is 1.20 bits per heavy atom. The minimum Gasteiger partial charge on any atom is -0.425 e. The van der Waals surface area contributed by atoms with E-state index in [1.54, 1.807) is 23.1 Å². The highest BCUT2D eigenvalue weighted by Crippen LogP contribution is 2.32. The fourth-order valence-electron chi connectivity index (χ4n) is 2.75. The summed E-state index contributed by atoms with van der Waals surface area (Å²) in [5.74, 6) is -0.819. The topological polar surface area (TPSA) is 46.6 Å². The number of hydrogen-bond donors (Lipinski definition) is 0. The predicted molar refractivity (Wildman–Crippen MR) is 96.8 cm³/mol. The first-order valence-corrected chi connectivity index (χ1v) is 8.68. The Labute approximate surface area is 156 Å². The third-order valence-corrected chi connectivity index (χ3v) is 4.97. The van der Waals surface area contributed by atoms with E-state index in [1.807, 2.05) is 31.2 Å². The van der Waals surface area contributed by atoms with Gasteiger partial charge in [-0.1, -0.05) is 59.1 Å². The van der Waals surface area contributed by atoms with Gasteiger partial charge in [-0.25, -0.2) is 0 Å². The number of aryl methyl sites for hydroxylation is 1. The third kappa shape index (κ3) is 4.14. The molecule has 0 bridgehead atoms. The van der Waals surface area contributed by atoms with Gasteiger partial charge >= 0.3 is 5.97 Å². The number of nitrogens with zero attached hydrogens (tertiary/aromatic N) is 1. The highest BCUT2D eigenvalue weighted by Gasteiger charge is 2.35. The van der Waals surface area contributed by atoms with Gasteiger partial charge < -0.3 is 9.64 Å². The van der Waals surface area contributed by atoms with Crippen LogP contribution in [0.4, 0.5) is 0 Å². The summed E-state index contributed by atoms with van der Waals surface area (Å²) >= 11 is 12.0. The van der Waals surface area contributed by atoms with E-state index in [-0.39, 0.29) is 23.1 Å². The molecule has 0 spiro atoms. The van der Waals surface area contributed by atoms with Gasteiger partial charge in [-0.05, 0) is 24.6 Å². The van der Waals surface area contributed by atoms with E-state index >= 15 is 0 Å². The average Bonchev–Trinajstić information content (AvgIpc) is 2.95. The number of halogens is 2. The van der Waals surface area contributed by atoms with E-state index in [1.165, 1.54) is 0 Å². The van der Waals surface area contributed by atoms with Crippen molar-refractivity contribution in [2.24, 2.45) is 5.92 Å². The Bertz CT molecular complexity index is 805. The molecule has 1 saturated heterocycles. The quantitative estimate of drug-likeness (QED) is 0.590. The molecule has 1 fully saturated rings. The largest absolute Gasteiger partial charge is 0.425 e. The maximum atomic E-state index is 12.4. The van der Waals surface area contributed by atoms with Crippen LogP contribution in [0.2, 0.25) is 10.0 Å². The molecule has 1 aliphatic heterocycles. The molecule has 1 heterocycles. The molecule has 3 rings (SSSR count).